The van der Waals surface area contributed by atoms with E-state index in [1.807, 2.05) is 25.1 Å². The number of H-pyrrole nitrogens is 1. The number of aromatic nitrogens is 1. The quantitative estimate of drug-likeness (QED) is 0.843. The molecule has 0 bridgehead atoms. The lowest BCUT2D eigenvalue weighted by Crippen LogP contribution is -2.25. The second-order valence-electron chi connectivity index (χ2n) is 4.54. The van der Waals surface area contributed by atoms with Crippen molar-refractivity contribution < 1.29 is 4.79 Å². The Bertz CT molecular complexity index is 599. The van der Waals surface area contributed by atoms with E-state index in [9.17, 15) is 4.79 Å². The van der Waals surface area contributed by atoms with E-state index in [1.165, 1.54) is 0 Å². The summed E-state index contributed by atoms with van der Waals surface area (Å²) in [5, 5.41) is 4.44. The molecule has 3 rings (SSSR count). The number of hydrogen-bond donors (Lipinski definition) is 2. The van der Waals surface area contributed by atoms with Crippen molar-refractivity contribution in [3.8, 4) is 0 Å². The molecule has 0 atom stereocenters. The van der Waals surface area contributed by atoms with Gasteiger partial charge in [-0.15, -0.1) is 0 Å². The van der Waals surface area contributed by atoms with E-state index in [0.717, 1.165) is 29.4 Å². The van der Waals surface area contributed by atoms with E-state index >= 15 is 0 Å². The third-order valence-corrected chi connectivity index (χ3v) is 3.42. The lowest BCUT2D eigenvalue weighted by atomic mass is 10.1. The van der Waals surface area contributed by atoms with Crippen molar-refractivity contribution in [2.24, 2.45) is 0 Å². The van der Waals surface area contributed by atoms with Gasteiger partial charge in [0.25, 0.3) is 5.91 Å². The van der Waals surface area contributed by atoms with Gasteiger partial charge < -0.3 is 10.3 Å². The Balaban J connectivity index is 2.13. The van der Waals surface area contributed by atoms with Gasteiger partial charge in [0.05, 0.1) is 10.6 Å². The molecule has 4 heteroatoms. The van der Waals surface area contributed by atoms with Crippen LogP contribution < -0.4 is 5.32 Å². The number of carbonyl (C=O) groups is 1. The van der Waals surface area contributed by atoms with Gasteiger partial charge in [-0.3, -0.25) is 4.79 Å². The third kappa shape index (κ3) is 1.80. The van der Waals surface area contributed by atoms with Crippen LogP contribution in [0.5, 0.6) is 0 Å². The molecule has 1 heterocycles. The number of amides is 1. The molecule has 17 heavy (non-hydrogen) atoms. The van der Waals surface area contributed by atoms with Crippen LogP contribution in [0.3, 0.4) is 0 Å². The number of nitrogens with one attached hydrogen (secondary N) is 2. The predicted molar refractivity (Wildman–Crippen MR) is 68.5 cm³/mol. The fourth-order valence-electron chi connectivity index (χ4n) is 2.10. The Morgan fingerprint density at radius 2 is 2.24 bits per heavy atom. The van der Waals surface area contributed by atoms with Crippen LogP contribution >= 0.6 is 11.6 Å². The average Bonchev–Trinajstić information content (AvgIpc) is 3.00. The van der Waals surface area contributed by atoms with Gasteiger partial charge in [-0.1, -0.05) is 17.7 Å². The van der Waals surface area contributed by atoms with E-state index in [0.29, 0.717) is 16.6 Å². The molecule has 1 amide bonds. The van der Waals surface area contributed by atoms with Gasteiger partial charge in [0.2, 0.25) is 0 Å². The SMILES string of the molecule is Cc1[nH]c2cccc(Cl)c2c1C(=O)NC1CC1. The molecule has 1 aliphatic rings. The number of rotatable bonds is 2. The van der Waals surface area contributed by atoms with Gasteiger partial charge in [-0.2, -0.15) is 0 Å². The Morgan fingerprint density at radius 1 is 1.47 bits per heavy atom. The molecule has 0 unspecified atom stereocenters. The van der Waals surface area contributed by atoms with Crippen LogP contribution in [0.2, 0.25) is 5.02 Å². The summed E-state index contributed by atoms with van der Waals surface area (Å²) in [7, 11) is 0. The van der Waals surface area contributed by atoms with E-state index < -0.39 is 0 Å². The highest BCUT2D eigenvalue weighted by molar-refractivity contribution is 6.37. The minimum atomic E-state index is -0.0237. The molecular weight excluding hydrogens is 236 g/mol. The van der Waals surface area contributed by atoms with Gasteiger partial charge in [-0.25, -0.2) is 0 Å². The summed E-state index contributed by atoms with van der Waals surface area (Å²) in [5.41, 5.74) is 2.46. The molecule has 1 aromatic carbocycles. The number of fused-ring (bicyclic) bond motifs is 1. The standard InChI is InChI=1S/C13H13ClN2O/c1-7-11(13(17)16-8-5-6-8)12-9(14)3-2-4-10(12)15-7/h2-4,8,15H,5-6H2,1H3,(H,16,17). The molecule has 0 radical (unpaired) electrons. The first-order valence-corrected chi connectivity index (χ1v) is 6.12. The topological polar surface area (TPSA) is 44.9 Å². The molecule has 1 aromatic heterocycles. The van der Waals surface area contributed by atoms with Crippen molar-refractivity contribution in [2.45, 2.75) is 25.8 Å². The van der Waals surface area contributed by atoms with Gasteiger partial charge in [0, 0.05) is 22.6 Å². The summed E-state index contributed by atoms with van der Waals surface area (Å²) in [4.78, 5) is 15.4. The number of benzene rings is 1. The fourth-order valence-corrected chi connectivity index (χ4v) is 2.37. The van der Waals surface area contributed by atoms with Gasteiger partial charge >= 0.3 is 0 Å². The molecule has 1 aliphatic carbocycles. The van der Waals surface area contributed by atoms with E-state index in [2.05, 4.69) is 10.3 Å². The minimum Gasteiger partial charge on any atom is -0.358 e. The highest BCUT2D eigenvalue weighted by Gasteiger charge is 2.26. The predicted octanol–water partition coefficient (Wildman–Crippen LogP) is 3.02. The van der Waals surface area contributed by atoms with E-state index in [4.69, 9.17) is 11.6 Å². The molecule has 0 aliphatic heterocycles. The van der Waals surface area contributed by atoms with Crippen molar-refractivity contribution in [3.05, 3.63) is 34.5 Å². The van der Waals surface area contributed by atoms with Crippen molar-refractivity contribution in [3.63, 3.8) is 0 Å². The van der Waals surface area contributed by atoms with Crippen LogP contribution in [-0.4, -0.2) is 16.9 Å². The molecule has 88 valence electrons. The molecule has 1 saturated carbocycles. The Hall–Kier alpha value is -1.48. The molecule has 0 saturated heterocycles. The van der Waals surface area contributed by atoms with Crippen LogP contribution in [0.15, 0.2) is 18.2 Å². The van der Waals surface area contributed by atoms with Crippen molar-refractivity contribution >= 4 is 28.4 Å². The lowest BCUT2D eigenvalue weighted by molar-refractivity contribution is 0.0952. The Morgan fingerprint density at radius 3 is 2.94 bits per heavy atom. The number of aromatic amines is 1. The summed E-state index contributed by atoms with van der Waals surface area (Å²) in [5.74, 6) is -0.0237. The van der Waals surface area contributed by atoms with E-state index in [1.54, 1.807) is 0 Å². The number of aryl methyl sites for hydroxylation is 1. The second-order valence-corrected chi connectivity index (χ2v) is 4.94. The van der Waals surface area contributed by atoms with Crippen molar-refractivity contribution in [1.82, 2.24) is 10.3 Å². The monoisotopic (exact) mass is 248 g/mol. The Kier molecular flexibility index (Phi) is 2.37. The maximum Gasteiger partial charge on any atom is 0.253 e. The molecule has 2 aromatic rings. The summed E-state index contributed by atoms with van der Waals surface area (Å²) in [6.07, 6.45) is 2.17. The van der Waals surface area contributed by atoms with Crippen LogP contribution in [0.25, 0.3) is 10.9 Å². The van der Waals surface area contributed by atoms with Crippen molar-refractivity contribution in [1.29, 1.82) is 0 Å². The average molecular weight is 249 g/mol. The molecule has 1 fully saturated rings. The maximum atomic E-state index is 12.2. The first-order valence-electron chi connectivity index (χ1n) is 5.74. The van der Waals surface area contributed by atoms with Crippen LogP contribution in [-0.2, 0) is 0 Å². The summed E-state index contributed by atoms with van der Waals surface area (Å²) >= 11 is 6.17. The second kappa shape index (κ2) is 3.77. The zero-order valence-corrected chi connectivity index (χ0v) is 10.3. The highest BCUT2D eigenvalue weighted by atomic mass is 35.5. The number of carbonyl (C=O) groups excluding carboxylic acids is 1. The molecule has 0 spiro atoms. The van der Waals surface area contributed by atoms with Gasteiger partial charge in [-0.05, 0) is 31.9 Å². The maximum absolute atomic E-state index is 12.2. The molecule has 2 N–H and O–H groups in total. The lowest BCUT2D eigenvalue weighted by Gasteiger charge is -2.04. The van der Waals surface area contributed by atoms with Crippen LogP contribution in [0.1, 0.15) is 28.9 Å². The zero-order chi connectivity index (χ0) is 12.0. The van der Waals surface area contributed by atoms with Crippen LogP contribution in [0.4, 0.5) is 0 Å². The third-order valence-electron chi connectivity index (χ3n) is 3.10. The summed E-state index contributed by atoms with van der Waals surface area (Å²) < 4.78 is 0. The van der Waals surface area contributed by atoms with Gasteiger partial charge in [0.15, 0.2) is 0 Å². The minimum absolute atomic E-state index is 0.0237. The van der Waals surface area contributed by atoms with Crippen molar-refractivity contribution in [2.75, 3.05) is 0 Å². The number of hydrogen-bond acceptors (Lipinski definition) is 1. The summed E-state index contributed by atoms with van der Waals surface area (Å²) in [6.45, 7) is 1.90. The fraction of sp³-hybridized carbons (Fsp3) is 0.308. The van der Waals surface area contributed by atoms with Crippen LogP contribution in [0, 0.1) is 6.92 Å². The smallest absolute Gasteiger partial charge is 0.253 e. The zero-order valence-electron chi connectivity index (χ0n) is 9.51. The first kappa shape index (κ1) is 10.7. The Labute approximate surface area is 104 Å². The molecule has 3 nitrogen and oxygen atoms in total. The van der Waals surface area contributed by atoms with E-state index in [-0.39, 0.29) is 5.91 Å². The summed E-state index contributed by atoms with van der Waals surface area (Å²) in [6, 6.07) is 5.98. The molecular formula is C13H13ClN2O. The number of halogens is 1. The van der Waals surface area contributed by atoms with Gasteiger partial charge in [0.1, 0.15) is 0 Å². The first-order chi connectivity index (χ1) is 8.16. The largest absolute Gasteiger partial charge is 0.358 e. The normalized spacial score (nSPS) is 15.2. The highest BCUT2D eigenvalue weighted by Crippen LogP contribution is 2.30.